The first-order valence-electron chi connectivity index (χ1n) is 6.44. The van der Waals surface area contributed by atoms with E-state index in [1.807, 2.05) is 0 Å². The van der Waals surface area contributed by atoms with E-state index in [0.717, 1.165) is 25.7 Å². The van der Waals surface area contributed by atoms with Crippen LogP contribution in [0.1, 0.15) is 32.6 Å². The summed E-state index contributed by atoms with van der Waals surface area (Å²) >= 11 is 0. The quantitative estimate of drug-likeness (QED) is 0.881. The summed E-state index contributed by atoms with van der Waals surface area (Å²) in [6, 6.07) is 4.16. The standard InChI is InChI=1S/C14H17FN2O2/c1-9(18)16-13-8-11(6-7-12(13)15)17-14(19)10-4-2-3-5-10/h6-8,10H,2-5H2,1H3,(H,16,18)(H,17,19). The fraction of sp³-hybridized carbons (Fsp3) is 0.429. The van der Waals surface area contributed by atoms with Gasteiger partial charge in [-0.2, -0.15) is 0 Å². The topological polar surface area (TPSA) is 58.2 Å². The van der Waals surface area contributed by atoms with Crippen molar-refractivity contribution < 1.29 is 14.0 Å². The average molecular weight is 264 g/mol. The summed E-state index contributed by atoms with van der Waals surface area (Å²) in [6.45, 7) is 1.31. The van der Waals surface area contributed by atoms with E-state index in [0.29, 0.717) is 5.69 Å². The van der Waals surface area contributed by atoms with Crippen LogP contribution in [0.4, 0.5) is 15.8 Å². The lowest BCUT2D eigenvalue weighted by molar-refractivity contribution is -0.119. The van der Waals surface area contributed by atoms with Gasteiger partial charge < -0.3 is 10.6 Å². The number of rotatable bonds is 3. The Labute approximate surface area is 111 Å². The molecule has 0 aromatic heterocycles. The van der Waals surface area contributed by atoms with Crippen LogP contribution in [0.2, 0.25) is 0 Å². The molecule has 1 aromatic carbocycles. The van der Waals surface area contributed by atoms with E-state index in [9.17, 15) is 14.0 Å². The van der Waals surface area contributed by atoms with E-state index in [2.05, 4.69) is 10.6 Å². The van der Waals surface area contributed by atoms with Gasteiger partial charge in [0.1, 0.15) is 5.82 Å². The molecule has 1 aliphatic carbocycles. The molecule has 2 rings (SSSR count). The van der Waals surface area contributed by atoms with Gasteiger partial charge in [-0.25, -0.2) is 4.39 Å². The van der Waals surface area contributed by atoms with Crippen LogP contribution in [-0.2, 0) is 9.59 Å². The van der Waals surface area contributed by atoms with Gasteiger partial charge >= 0.3 is 0 Å². The Bertz CT molecular complexity index is 496. The maximum Gasteiger partial charge on any atom is 0.227 e. The minimum absolute atomic E-state index is 0.0297. The molecule has 1 fully saturated rings. The smallest absolute Gasteiger partial charge is 0.227 e. The summed E-state index contributed by atoms with van der Waals surface area (Å²) in [4.78, 5) is 22.9. The van der Waals surface area contributed by atoms with Crippen molar-refractivity contribution in [1.82, 2.24) is 0 Å². The lowest BCUT2D eigenvalue weighted by Gasteiger charge is -2.12. The highest BCUT2D eigenvalue weighted by Gasteiger charge is 2.22. The molecule has 2 amide bonds. The number of anilines is 2. The molecular weight excluding hydrogens is 247 g/mol. The third kappa shape index (κ3) is 3.53. The number of carbonyl (C=O) groups is 2. The maximum atomic E-state index is 13.4. The maximum absolute atomic E-state index is 13.4. The summed E-state index contributed by atoms with van der Waals surface area (Å²) in [5.74, 6) is -0.848. The van der Waals surface area contributed by atoms with Gasteiger partial charge in [-0.15, -0.1) is 0 Å². The summed E-state index contributed by atoms with van der Waals surface area (Å²) in [6.07, 6.45) is 3.98. The van der Waals surface area contributed by atoms with Crippen LogP contribution in [0, 0.1) is 11.7 Å². The summed E-state index contributed by atoms with van der Waals surface area (Å²) < 4.78 is 13.4. The van der Waals surface area contributed by atoms with Gasteiger partial charge in [-0.3, -0.25) is 9.59 Å². The number of halogens is 1. The molecule has 0 saturated heterocycles. The second kappa shape index (κ2) is 5.82. The van der Waals surface area contributed by atoms with E-state index < -0.39 is 5.82 Å². The van der Waals surface area contributed by atoms with Crippen LogP contribution < -0.4 is 10.6 Å². The molecule has 5 heteroatoms. The first-order chi connectivity index (χ1) is 9.06. The van der Waals surface area contributed by atoms with Crippen LogP contribution >= 0.6 is 0 Å². The van der Waals surface area contributed by atoms with Crippen LogP contribution in [0.25, 0.3) is 0 Å². The highest BCUT2D eigenvalue weighted by atomic mass is 19.1. The van der Waals surface area contributed by atoms with Gasteiger partial charge in [-0.05, 0) is 31.0 Å². The Kier molecular flexibility index (Phi) is 4.14. The van der Waals surface area contributed by atoms with E-state index in [4.69, 9.17) is 0 Å². The first-order valence-corrected chi connectivity index (χ1v) is 6.44. The SMILES string of the molecule is CC(=O)Nc1cc(NC(=O)C2CCCC2)ccc1F. The molecule has 2 N–H and O–H groups in total. The molecule has 0 radical (unpaired) electrons. The zero-order valence-corrected chi connectivity index (χ0v) is 10.8. The fourth-order valence-electron chi connectivity index (χ4n) is 2.32. The van der Waals surface area contributed by atoms with Crippen molar-refractivity contribution in [3.8, 4) is 0 Å². The fourth-order valence-corrected chi connectivity index (χ4v) is 2.32. The monoisotopic (exact) mass is 264 g/mol. The summed E-state index contributed by atoms with van der Waals surface area (Å²) in [5.41, 5.74) is 0.582. The Hall–Kier alpha value is -1.91. The largest absolute Gasteiger partial charge is 0.326 e. The van der Waals surface area contributed by atoms with Gasteiger partial charge in [0.15, 0.2) is 0 Å². The molecule has 0 spiro atoms. The van der Waals surface area contributed by atoms with Gasteiger partial charge in [0.05, 0.1) is 5.69 Å². The first kappa shape index (κ1) is 13.5. The number of benzene rings is 1. The molecule has 1 saturated carbocycles. The average Bonchev–Trinajstić information content (AvgIpc) is 2.86. The molecule has 0 bridgehead atoms. The minimum atomic E-state index is -0.519. The molecule has 0 heterocycles. The van der Waals surface area contributed by atoms with Crippen LogP contribution in [0.3, 0.4) is 0 Å². The van der Waals surface area contributed by atoms with E-state index in [-0.39, 0.29) is 23.4 Å². The number of hydrogen-bond donors (Lipinski definition) is 2. The summed E-state index contributed by atoms with van der Waals surface area (Å²) in [5, 5.41) is 5.16. The molecule has 102 valence electrons. The van der Waals surface area contributed by atoms with Gasteiger partial charge in [0.2, 0.25) is 11.8 Å². The third-order valence-electron chi connectivity index (χ3n) is 3.27. The van der Waals surface area contributed by atoms with Crippen LogP contribution in [0.5, 0.6) is 0 Å². The predicted octanol–water partition coefficient (Wildman–Crippen LogP) is 2.91. The molecule has 1 aromatic rings. The molecule has 0 atom stereocenters. The molecule has 1 aliphatic rings. The van der Waals surface area contributed by atoms with Crippen molar-refractivity contribution in [2.75, 3.05) is 10.6 Å². The normalized spacial score (nSPS) is 15.3. The van der Waals surface area contributed by atoms with Gasteiger partial charge in [0, 0.05) is 18.5 Å². The van der Waals surface area contributed by atoms with Crippen molar-refractivity contribution in [2.45, 2.75) is 32.6 Å². The van der Waals surface area contributed by atoms with Crippen LogP contribution in [-0.4, -0.2) is 11.8 Å². The zero-order chi connectivity index (χ0) is 13.8. The van der Waals surface area contributed by atoms with E-state index in [1.54, 1.807) is 0 Å². The molecule has 0 aliphatic heterocycles. The van der Waals surface area contributed by atoms with Crippen molar-refractivity contribution in [3.63, 3.8) is 0 Å². The van der Waals surface area contributed by atoms with E-state index >= 15 is 0 Å². The van der Waals surface area contributed by atoms with Crippen molar-refractivity contribution in [2.24, 2.45) is 5.92 Å². The predicted molar refractivity (Wildman–Crippen MR) is 71.3 cm³/mol. The second-order valence-corrected chi connectivity index (χ2v) is 4.85. The lowest BCUT2D eigenvalue weighted by Crippen LogP contribution is -2.20. The highest BCUT2D eigenvalue weighted by molar-refractivity contribution is 5.94. The number of amides is 2. The minimum Gasteiger partial charge on any atom is -0.326 e. The Morgan fingerprint density at radius 3 is 2.53 bits per heavy atom. The zero-order valence-electron chi connectivity index (χ0n) is 10.8. The Morgan fingerprint density at radius 2 is 1.89 bits per heavy atom. The van der Waals surface area contributed by atoms with Crippen molar-refractivity contribution >= 4 is 23.2 Å². The number of hydrogen-bond acceptors (Lipinski definition) is 2. The second-order valence-electron chi connectivity index (χ2n) is 4.85. The third-order valence-corrected chi connectivity index (χ3v) is 3.27. The lowest BCUT2D eigenvalue weighted by atomic mass is 10.1. The van der Waals surface area contributed by atoms with E-state index in [1.165, 1.54) is 25.1 Å². The van der Waals surface area contributed by atoms with Crippen molar-refractivity contribution in [1.29, 1.82) is 0 Å². The molecule has 4 nitrogen and oxygen atoms in total. The number of carbonyl (C=O) groups excluding carboxylic acids is 2. The molecule has 19 heavy (non-hydrogen) atoms. The van der Waals surface area contributed by atoms with Gasteiger partial charge in [-0.1, -0.05) is 12.8 Å². The Balaban J connectivity index is 2.07. The van der Waals surface area contributed by atoms with Gasteiger partial charge in [0.25, 0.3) is 0 Å². The Morgan fingerprint density at radius 1 is 1.21 bits per heavy atom. The number of nitrogens with one attached hydrogen (secondary N) is 2. The molecule has 0 unspecified atom stereocenters. The highest BCUT2D eigenvalue weighted by Crippen LogP contribution is 2.27. The van der Waals surface area contributed by atoms with Crippen LogP contribution in [0.15, 0.2) is 18.2 Å². The van der Waals surface area contributed by atoms with Crippen molar-refractivity contribution in [3.05, 3.63) is 24.0 Å². The molecular formula is C14H17FN2O2. The summed E-state index contributed by atoms with van der Waals surface area (Å²) in [7, 11) is 0.